The molecular formula is C16H30N2O. The minimum atomic E-state index is 0.187. The van der Waals surface area contributed by atoms with Crippen molar-refractivity contribution in [2.75, 3.05) is 6.54 Å². The fourth-order valence-corrected chi connectivity index (χ4v) is 3.58. The molecule has 0 aromatic rings. The monoisotopic (exact) mass is 266 g/mol. The first-order valence-corrected chi connectivity index (χ1v) is 8.28. The quantitative estimate of drug-likeness (QED) is 0.751. The first-order valence-electron chi connectivity index (χ1n) is 8.28. The summed E-state index contributed by atoms with van der Waals surface area (Å²) < 4.78 is 0. The Labute approximate surface area is 117 Å². The standard InChI is InChI=1S/C16H30N2O/c1-13(14-8-4-2-3-5-9-14)17-12-16(19)18-15-10-6-7-11-15/h13-15,17H,2-12H2,1H3,(H,18,19)/t13-/m1/s1. The molecule has 3 heteroatoms. The molecule has 0 spiro atoms. The summed E-state index contributed by atoms with van der Waals surface area (Å²) in [6.45, 7) is 2.74. The van der Waals surface area contributed by atoms with Gasteiger partial charge < -0.3 is 10.6 Å². The molecule has 19 heavy (non-hydrogen) atoms. The average Bonchev–Trinajstić information content (AvgIpc) is 2.76. The van der Waals surface area contributed by atoms with Gasteiger partial charge in [-0.1, -0.05) is 38.5 Å². The van der Waals surface area contributed by atoms with Crippen molar-refractivity contribution in [2.45, 2.75) is 83.2 Å². The Hall–Kier alpha value is -0.570. The van der Waals surface area contributed by atoms with Crippen LogP contribution in [0.4, 0.5) is 0 Å². The second kappa shape index (κ2) is 7.88. The molecule has 2 aliphatic carbocycles. The fraction of sp³-hybridized carbons (Fsp3) is 0.938. The van der Waals surface area contributed by atoms with Crippen LogP contribution in [0.15, 0.2) is 0 Å². The molecule has 0 heterocycles. The highest BCUT2D eigenvalue weighted by molar-refractivity contribution is 5.78. The molecule has 0 aromatic carbocycles. The molecule has 110 valence electrons. The van der Waals surface area contributed by atoms with E-state index in [1.807, 2.05) is 0 Å². The zero-order valence-electron chi connectivity index (χ0n) is 12.4. The van der Waals surface area contributed by atoms with E-state index in [-0.39, 0.29) is 5.91 Å². The molecule has 0 bridgehead atoms. The maximum Gasteiger partial charge on any atom is 0.234 e. The number of hydrogen-bond acceptors (Lipinski definition) is 2. The Kier molecular flexibility index (Phi) is 6.15. The summed E-state index contributed by atoms with van der Waals surface area (Å²) >= 11 is 0. The van der Waals surface area contributed by atoms with E-state index in [9.17, 15) is 4.79 Å². The summed E-state index contributed by atoms with van der Waals surface area (Å²) in [7, 11) is 0. The molecule has 1 atom stereocenters. The maximum absolute atomic E-state index is 11.9. The molecule has 2 saturated carbocycles. The van der Waals surface area contributed by atoms with Crippen molar-refractivity contribution >= 4 is 5.91 Å². The molecule has 1 amide bonds. The summed E-state index contributed by atoms with van der Waals surface area (Å²) in [6, 6.07) is 0.926. The molecule has 0 aromatic heterocycles. The minimum absolute atomic E-state index is 0.187. The van der Waals surface area contributed by atoms with Crippen molar-refractivity contribution in [2.24, 2.45) is 5.92 Å². The van der Waals surface area contributed by atoms with Gasteiger partial charge in [-0.05, 0) is 38.5 Å². The van der Waals surface area contributed by atoms with Crippen molar-refractivity contribution in [1.29, 1.82) is 0 Å². The van der Waals surface area contributed by atoms with E-state index in [0.717, 1.165) is 5.92 Å². The van der Waals surface area contributed by atoms with E-state index in [0.29, 0.717) is 18.6 Å². The molecule has 2 fully saturated rings. The van der Waals surface area contributed by atoms with Gasteiger partial charge in [0.05, 0.1) is 6.54 Å². The molecule has 2 aliphatic rings. The number of rotatable bonds is 5. The van der Waals surface area contributed by atoms with Gasteiger partial charge in [0.15, 0.2) is 0 Å². The van der Waals surface area contributed by atoms with Gasteiger partial charge in [0.2, 0.25) is 5.91 Å². The highest BCUT2D eigenvalue weighted by Crippen LogP contribution is 2.25. The van der Waals surface area contributed by atoms with Gasteiger partial charge in [-0.3, -0.25) is 4.79 Å². The Morgan fingerprint density at radius 3 is 2.21 bits per heavy atom. The molecule has 3 nitrogen and oxygen atoms in total. The van der Waals surface area contributed by atoms with Gasteiger partial charge in [-0.25, -0.2) is 0 Å². The summed E-state index contributed by atoms with van der Waals surface area (Å²) in [4.78, 5) is 11.9. The summed E-state index contributed by atoms with van der Waals surface area (Å²) in [5.41, 5.74) is 0. The predicted molar refractivity (Wildman–Crippen MR) is 79.1 cm³/mol. The van der Waals surface area contributed by atoms with E-state index >= 15 is 0 Å². The molecule has 0 aliphatic heterocycles. The Bertz CT molecular complexity index is 266. The van der Waals surface area contributed by atoms with Crippen LogP contribution in [0.25, 0.3) is 0 Å². The van der Waals surface area contributed by atoms with Gasteiger partial charge >= 0.3 is 0 Å². The topological polar surface area (TPSA) is 41.1 Å². The molecule has 0 unspecified atom stereocenters. The number of carbonyl (C=O) groups is 1. The van der Waals surface area contributed by atoms with Crippen LogP contribution < -0.4 is 10.6 Å². The van der Waals surface area contributed by atoms with Gasteiger partial charge in [0.1, 0.15) is 0 Å². The average molecular weight is 266 g/mol. The lowest BCUT2D eigenvalue weighted by atomic mass is 9.93. The second-order valence-corrected chi connectivity index (χ2v) is 6.47. The SMILES string of the molecule is C[C@@H](NCC(=O)NC1CCCC1)C1CCCCCC1. The summed E-state index contributed by atoms with van der Waals surface area (Å²) in [5, 5.41) is 6.59. The van der Waals surface area contributed by atoms with Crippen molar-refractivity contribution in [3.63, 3.8) is 0 Å². The smallest absolute Gasteiger partial charge is 0.234 e. The minimum Gasteiger partial charge on any atom is -0.352 e. The van der Waals surface area contributed by atoms with Crippen molar-refractivity contribution < 1.29 is 4.79 Å². The molecule has 2 rings (SSSR count). The Balaban J connectivity index is 1.64. The molecule has 0 radical (unpaired) electrons. The maximum atomic E-state index is 11.9. The zero-order chi connectivity index (χ0) is 13.5. The molecule has 0 saturated heterocycles. The molecule has 2 N–H and O–H groups in total. The van der Waals surface area contributed by atoms with Crippen LogP contribution in [0.1, 0.15) is 71.1 Å². The van der Waals surface area contributed by atoms with Crippen molar-refractivity contribution in [3.05, 3.63) is 0 Å². The zero-order valence-corrected chi connectivity index (χ0v) is 12.4. The third-order valence-electron chi connectivity index (χ3n) is 4.91. The number of hydrogen-bond donors (Lipinski definition) is 2. The third-order valence-corrected chi connectivity index (χ3v) is 4.91. The lowest BCUT2D eigenvalue weighted by Crippen LogP contribution is -2.43. The van der Waals surface area contributed by atoms with E-state index in [1.54, 1.807) is 0 Å². The number of amides is 1. The van der Waals surface area contributed by atoms with Crippen LogP contribution >= 0.6 is 0 Å². The van der Waals surface area contributed by atoms with Crippen LogP contribution in [0.3, 0.4) is 0 Å². The largest absolute Gasteiger partial charge is 0.352 e. The fourth-order valence-electron chi connectivity index (χ4n) is 3.58. The third kappa shape index (κ3) is 5.13. The van der Waals surface area contributed by atoms with Crippen LogP contribution in [0, 0.1) is 5.92 Å². The first kappa shape index (κ1) is 14.8. The first-order chi connectivity index (χ1) is 9.25. The normalized spacial score (nSPS) is 24.1. The predicted octanol–water partition coefficient (Wildman–Crippen LogP) is 2.99. The van der Waals surface area contributed by atoms with E-state index in [4.69, 9.17) is 0 Å². The van der Waals surface area contributed by atoms with E-state index < -0.39 is 0 Å². The Morgan fingerprint density at radius 2 is 1.58 bits per heavy atom. The van der Waals surface area contributed by atoms with Crippen LogP contribution in [0.2, 0.25) is 0 Å². The Morgan fingerprint density at radius 1 is 1.00 bits per heavy atom. The lowest BCUT2D eigenvalue weighted by Gasteiger charge is -2.23. The van der Waals surface area contributed by atoms with Gasteiger partial charge in [-0.15, -0.1) is 0 Å². The van der Waals surface area contributed by atoms with Crippen LogP contribution in [-0.4, -0.2) is 24.5 Å². The van der Waals surface area contributed by atoms with E-state index in [2.05, 4.69) is 17.6 Å². The van der Waals surface area contributed by atoms with Crippen molar-refractivity contribution in [3.8, 4) is 0 Å². The highest BCUT2D eigenvalue weighted by Gasteiger charge is 2.20. The highest BCUT2D eigenvalue weighted by atomic mass is 16.1. The van der Waals surface area contributed by atoms with E-state index in [1.165, 1.54) is 64.2 Å². The van der Waals surface area contributed by atoms with Gasteiger partial charge in [0.25, 0.3) is 0 Å². The van der Waals surface area contributed by atoms with Crippen molar-refractivity contribution in [1.82, 2.24) is 10.6 Å². The second-order valence-electron chi connectivity index (χ2n) is 6.47. The molecular weight excluding hydrogens is 236 g/mol. The number of nitrogens with one attached hydrogen (secondary N) is 2. The summed E-state index contributed by atoms with van der Waals surface area (Å²) in [5.74, 6) is 0.953. The van der Waals surface area contributed by atoms with Gasteiger partial charge in [-0.2, -0.15) is 0 Å². The number of carbonyl (C=O) groups excluding carboxylic acids is 1. The van der Waals surface area contributed by atoms with Crippen LogP contribution in [-0.2, 0) is 4.79 Å². The van der Waals surface area contributed by atoms with Crippen LogP contribution in [0.5, 0.6) is 0 Å². The summed E-state index contributed by atoms with van der Waals surface area (Å²) in [6.07, 6.45) is 13.1. The van der Waals surface area contributed by atoms with Gasteiger partial charge in [0, 0.05) is 12.1 Å². The lowest BCUT2D eigenvalue weighted by molar-refractivity contribution is -0.121.